The molecule has 4 nitrogen and oxygen atoms in total. The Balaban J connectivity index is 2.24. The van der Waals surface area contributed by atoms with E-state index in [1.54, 1.807) is 6.08 Å². The van der Waals surface area contributed by atoms with Crippen LogP contribution in [0.15, 0.2) is 12.7 Å². The van der Waals surface area contributed by atoms with Crippen LogP contribution in [0.4, 0.5) is 0 Å². The Morgan fingerprint density at radius 2 is 2.00 bits per heavy atom. The fourth-order valence-corrected chi connectivity index (χ4v) is 2.12. The second-order valence-corrected chi connectivity index (χ2v) is 3.67. The fourth-order valence-electron chi connectivity index (χ4n) is 2.12. The molecule has 0 aromatic heterocycles. The van der Waals surface area contributed by atoms with Gasteiger partial charge in [0.2, 0.25) is 0 Å². The number of rotatable bonds is 1. The molecule has 1 spiro atoms. The summed E-state index contributed by atoms with van der Waals surface area (Å²) < 4.78 is 10.3. The molecule has 0 radical (unpaired) electrons. The van der Waals surface area contributed by atoms with Gasteiger partial charge in [0.05, 0.1) is 5.92 Å². The molecule has 2 aliphatic rings. The molecule has 2 rings (SSSR count). The molecule has 1 unspecified atom stereocenters. The van der Waals surface area contributed by atoms with Gasteiger partial charge in [-0.25, -0.2) is 0 Å². The molecule has 4 heteroatoms. The molecule has 0 aromatic carbocycles. The van der Waals surface area contributed by atoms with Crippen LogP contribution in [0.2, 0.25) is 0 Å². The van der Waals surface area contributed by atoms with E-state index < -0.39 is 17.7 Å². The topological polar surface area (TPSA) is 52.6 Å². The second kappa shape index (κ2) is 3.12. The largest absolute Gasteiger partial charge is 0.421 e. The van der Waals surface area contributed by atoms with Gasteiger partial charge in [-0.2, -0.15) is 0 Å². The molecule has 1 saturated heterocycles. The highest BCUT2D eigenvalue weighted by atomic mass is 16.7. The zero-order valence-electron chi connectivity index (χ0n) is 7.82. The van der Waals surface area contributed by atoms with Gasteiger partial charge in [0.25, 0.3) is 5.79 Å². The van der Waals surface area contributed by atoms with Crippen molar-refractivity contribution in [1.82, 2.24) is 0 Å². The van der Waals surface area contributed by atoms with E-state index in [-0.39, 0.29) is 12.3 Å². The molecular formula is C10H12O4. The van der Waals surface area contributed by atoms with Gasteiger partial charge in [-0.05, 0) is 12.8 Å². The van der Waals surface area contributed by atoms with Crippen LogP contribution < -0.4 is 0 Å². The van der Waals surface area contributed by atoms with Crippen molar-refractivity contribution in [2.24, 2.45) is 5.92 Å². The summed E-state index contributed by atoms with van der Waals surface area (Å²) in [6.45, 7) is 3.66. The number of hydrogen-bond donors (Lipinski definition) is 0. The lowest BCUT2D eigenvalue weighted by atomic mass is 10.0. The summed E-state index contributed by atoms with van der Waals surface area (Å²) >= 11 is 0. The van der Waals surface area contributed by atoms with Crippen LogP contribution in [0.1, 0.15) is 25.7 Å². The molecule has 0 aromatic rings. The molecule has 0 N–H and O–H groups in total. The number of carbonyl (C=O) groups excluding carboxylic acids is 2. The Labute approximate surface area is 81.9 Å². The minimum Gasteiger partial charge on any atom is -0.421 e. The van der Waals surface area contributed by atoms with E-state index in [9.17, 15) is 9.59 Å². The van der Waals surface area contributed by atoms with Crippen molar-refractivity contribution >= 4 is 11.9 Å². The molecule has 2 fully saturated rings. The minimum absolute atomic E-state index is 0.0595. The van der Waals surface area contributed by atoms with E-state index in [0.29, 0.717) is 6.42 Å². The van der Waals surface area contributed by atoms with Crippen molar-refractivity contribution in [2.45, 2.75) is 31.5 Å². The third-order valence-corrected chi connectivity index (χ3v) is 2.75. The molecule has 1 saturated carbocycles. The number of hydrogen-bond acceptors (Lipinski definition) is 4. The highest BCUT2D eigenvalue weighted by Gasteiger charge is 2.51. The summed E-state index contributed by atoms with van der Waals surface area (Å²) in [5.41, 5.74) is 0. The lowest BCUT2D eigenvalue weighted by molar-refractivity contribution is -0.250. The molecule has 0 amide bonds. The molecule has 1 aliphatic heterocycles. The SMILES string of the molecule is C=CC1CCCC12OC(=O)CC(=O)O2. The molecule has 76 valence electrons. The van der Waals surface area contributed by atoms with Crippen LogP contribution in [0.3, 0.4) is 0 Å². The molecule has 0 bridgehead atoms. The summed E-state index contributed by atoms with van der Waals surface area (Å²) in [5.74, 6) is -2.07. The molecule has 1 aliphatic carbocycles. The monoisotopic (exact) mass is 196 g/mol. The Morgan fingerprint density at radius 1 is 1.36 bits per heavy atom. The molecule has 14 heavy (non-hydrogen) atoms. The Hall–Kier alpha value is -1.32. The van der Waals surface area contributed by atoms with Crippen LogP contribution in [0.25, 0.3) is 0 Å². The van der Waals surface area contributed by atoms with Gasteiger partial charge in [-0.1, -0.05) is 6.08 Å². The highest BCUT2D eigenvalue weighted by Crippen LogP contribution is 2.42. The van der Waals surface area contributed by atoms with Gasteiger partial charge in [0.15, 0.2) is 0 Å². The first-order chi connectivity index (χ1) is 6.66. The average molecular weight is 196 g/mol. The van der Waals surface area contributed by atoms with Gasteiger partial charge in [-0.3, -0.25) is 9.59 Å². The van der Waals surface area contributed by atoms with E-state index in [1.807, 2.05) is 0 Å². The smallest absolute Gasteiger partial charge is 0.320 e. The predicted molar refractivity (Wildman–Crippen MR) is 47.1 cm³/mol. The summed E-state index contributed by atoms with van der Waals surface area (Å²) in [6.07, 6.45) is 3.74. The Kier molecular flexibility index (Phi) is 2.06. The van der Waals surface area contributed by atoms with Crippen molar-refractivity contribution in [3.05, 3.63) is 12.7 Å². The van der Waals surface area contributed by atoms with Crippen LogP contribution in [-0.2, 0) is 19.1 Å². The first-order valence-electron chi connectivity index (χ1n) is 4.72. The van der Waals surface area contributed by atoms with Crippen molar-refractivity contribution in [3.8, 4) is 0 Å². The standard InChI is InChI=1S/C10H12O4/c1-2-7-4-3-5-10(7)13-8(11)6-9(12)14-10/h2,7H,1,3-6H2. The maximum atomic E-state index is 11.1. The van der Waals surface area contributed by atoms with Crippen molar-refractivity contribution in [1.29, 1.82) is 0 Å². The summed E-state index contributed by atoms with van der Waals surface area (Å²) in [4.78, 5) is 22.3. The van der Waals surface area contributed by atoms with Gasteiger partial charge < -0.3 is 9.47 Å². The zero-order chi connectivity index (χ0) is 10.2. The maximum Gasteiger partial charge on any atom is 0.320 e. The Morgan fingerprint density at radius 3 is 2.57 bits per heavy atom. The first-order valence-corrected chi connectivity index (χ1v) is 4.72. The van der Waals surface area contributed by atoms with Gasteiger partial charge in [0, 0.05) is 6.42 Å². The third-order valence-electron chi connectivity index (χ3n) is 2.75. The molecule has 1 heterocycles. The van der Waals surface area contributed by atoms with E-state index >= 15 is 0 Å². The number of ether oxygens (including phenoxy) is 2. The lowest BCUT2D eigenvalue weighted by Crippen LogP contribution is -2.47. The molecular weight excluding hydrogens is 184 g/mol. The summed E-state index contributed by atoms with van der Waals surface area (Å²) in [6, 6.07) is 0. The van der Waals surface area contributed by atoms with E-state index in [0.717, 1.165) is 12.8 Å². The molecule has 1 atom stereocenters. The highest BCUT2D eigenvalue weighted by molar-refractivity contribution is 5.93. The first kappa shape index (κ1) is 9.24. The lowest BCUT2D eigenvalue weighted by Gasteiger charge is -2.35. The Bertz CT molecular complexity index is 278. The average Bonchev–Trinajstić information content (AvgIpc) is 2.45. The van der Waals surface area contributed by atoms with Crippen LogP contribution in [0, 0.1) is 5.92 Å². The maximum absolute atomic E-state index is 11.1. The van der Waals surface area contributed by atoms with Gasteiger partial charge in [-0.15, -0.1) is 6.58 Å². The van der Waals surface area contributed by atoms with Crippen LogP contribution in [0.5, 0.6) is 0 Å². The summed E-state index contributed by atoms with van der Waals surface area (Å²) in [7, 11) is 0. The normalized spacial score (nSPS) is 29.9. The summed E-state index contributed by atoms with van der Waals surface area (Å²) in [5, 5.41) is 0. The van der Waals surface area contributed by atoms with E-state index in [2.05, 4.69) is 6.58 Å². The number of carbonyl (C=O) groups is 2. The quantitative estimate of drug-likeness (QED) is 0.359. The third kappa shape index (κ3) is 1.31. The van der Waals surface area contributed by atoms with Gasteiger partial charge >= 0.3 is 11.9 Å². The predicted octanol–water partition coefficient (Wildman–Crippen LogP) is 1.16. The fraction of sp³-hybridized carbons (Fsp3) is 0.600. The van der Waals surface area contributed by atoms with Crippen molar-refractivity contribution in [2.75, 3.05) is 0 Å². The number of esters is 2. The van der Waals surface area contributed by atoms with E-state index in [4.69, 9.17) is 9.47 Å². The zero-order valence-corrected chi connectivity index (χ0v) is 7.82. The van der Waals surface area contributed by atoms with Crippen LogP contribution in [-0.4, -0.2) is 17.7 Å². The van der Waals surface area contributed by atoms with Crippen molar-refractivity contribution in [3.63, 3.8) is 0 Å². The van der Waals surface area contributed by atoms with Crippen LogP contribution >= 0.6 is 0 Å². The minimum atomic E-state index is -1.03. The second-order valence-electron chi connectivity index (χ2n) is 3.67. The van der Waals surface area contributed by atoms with E-state index in [1.165, 1.54) is 0 Å². The van der Waals surface area contributed by atoms with Crippen molar-refractivity contribution < 1.29 is 19.1 Å². The van der Waals surface area contributed by atoms with Gasteiger partial charge in [0.1, 0.15) is 6.42 Å².